The summed E-state index contributed by atoms with van der Waals surface area (Å²) in [6.07, 6.45) is 3.93. The molecule has 2 aliphatic rings. The van der Waals surface area contributed by atoms with Crippen molar-refractivity contribution in [2.24, 2.45) is 0 Å². The lowest BCUT2D eigenvalue weighted by atomic mass is 9.82. The minimum atomic E-state index is -0.879. The molecule has 2 fully saturated rings. The first-order chi connectivity index (χ1) is 13.3. The fourth-order valence-electron chi connectivity index (χ4n) is 3.69. The van der Waals surface area contributed by atoms with Crippen LogP contribution in [0.1, 0.15) is 43.2 Å². The van der Waals surface area contributed by atoms with Gasteiger partial charge in [-0.1, -0.05) is 31.4 Å². The second-order valence-corrected chi connectivity index (χ2v) is 7.49. The van der Waals surface area contributed by atoms with Gasteiger partial charge in [-0.2, -0.15) is 0 Å². The Kier molecular flexibility index (Phi) is 5.67. The third kappa shape index (κ3) is 4.16. The van der Waals surface area contributed by atoms with Gasteiger partial charge in [0.2, 0.25) is 0 Å². The van der Waals surface area contributed by atoms with E-state index in [4.69, 9.17) is 4.74 Å². The summed E-state index contributed by atoms with van der Waals surface area (Å²) in [5, 5.41) is 5.42. The molecule has 2 N–H and O–H groups in total. The molecule has 1 saturated heterocycles. The van der Waals surface area contributed by atoms with Crippen molar-refractivity contribution in [3.63, 3.8) is 0 Å². The van der Waals surface area contributed by atoms with Crippen LogP contribution in [0.5, 0.6) is 0 Å². The van der Waals surface area contributed by atoms with E-state index >= 15 is 0 Å². The first-order valence-corrected chi connectivity index (χ1v) is 9.47. The minimum absolute atomic E-state index is 0.381. The van der Waals surface area contributed by atoms with Crippen LogP contribution >= 0.6 is 0 Å². The van der Waals surface area contributed by atoms with Crippen molar-refractivity contribution in [1.82, 2.24) is 10.2 Å². The molecule has 1 aliphatic carbocycles. The molecule has 0 atom stereocenters. The average molecular weight is 387 g/mol. The van der Waals surface area contributed by atoms with Gasteiger partial charge in [0.1, 0.15) is 12.1 Å². The molecule has 1 heterocycles. The van der Waals surface area contributed by atoms with E-state index < -0.39 is 36.6 Å². The molecule has 1 aromatic carbocycles. The number of anilines is 1. The number of esters is 1. The van der Waals surface area contributed by atoms with Crippen LogP contribution in [0, 0.1) is 13.8 Å². The molecule has 3 rings (SSSR count). The molecule has 1 aromatic rings. The summed E-state index contributed by atoms with van der Waals surface area (Å²) in [5.41, 5.74) is 1.65. The molecular formula is C20H25N3O5. The zero-order chi connectivity index (χ0) is 20.3. The molecule has 0 unspecified atom stereocenters. The normalized spacial score (nSPS) is 18.1. The van der Waals surface area contributed by atoms with Crippen LogP contribution in [0.4, 0.5) is 10.5 Å². The van der Waals surface area contributed by atoms with Gasteiger partial charge in [0.15, 0.2) is 6.61 Å². The zero-order valence-electron chi connectivity index (χ0n) is 16.2. The van der Waals surface area contributed by atoms with E-state index in [1.54, 1.807) is 0 Å². The van der Waals surface area contributed by atoms with Crippen LogP contribution < -0.4 is 10.6 Å². The summed E-state index contributed by atoms with van der Waals surface area (Å²) in [6.45, 7) is 2.79. The number of rotatable bonds is 5. The molecule has 150 valence electrons. The lowest BCUT2D eigenvalue weighted by Gasteiger charge is -2.30. The van der Waals surface area contributed by atoms with Gasteiger partial charge < -0.3 is 15.4 Å². The predicted molar refractivity (Wildman–Crippen MR) is 102 cm³/mol. The van der Waals surface area contributed by atoms with Gasteiger partial charge >= 0.3 is 12.0 Å². The molecular weight excluding hydrogens is 362 g/mol. The van der Waals surface area contributed by atoms with Gasteiger partial charge in [0.25, 0.3) is 11.8 Å². The lowest BCUT2D eigenvalue weighted by Crippen LogP contribution is -2.48. The van der Waals surface area contributed by atoms with Crippen molar-refractivity contribution in [3.8, 4) is 0 Å². The Labute approximate surface area is 163 Å². The molecule has 0 aromatic heterocycles. The van der Waals surface area contributed by atoms with E-state index in [9.17, 15) is 19.2 Å². The van der Waals surface area contributed by atoms with Crippen LogP contribution in [0.2, 0.25) is 0 Å². The van der Waals surface area contributed by atoms with Crippen molar-refractivity contribution in [3.05, 3.63) is 29.3 Å². The van der Waals surface area contributed by atoms with Crippen LogP contribution in [0.15, 0.2) is 18.2 Å². The molecule has 0 bridgehead atoms. The monoisotopic (exact) mass is 387 g/mol. The van der Waals surface area contributed by atoms with E-state index in [2.05, 4.69) is 10.6 Å². The van der Waals surface area contributed by atoms with E-state index in [1.807, 2.05) is 32.0 Å². The number of hydrogen-bond acceptors (Lipinski definition) is 5. The molecule has 0 radical (unpaired) electrons. The molecule has 1 spiro atoms. The quantitative estimate of drug-likeness (QED) is 0.594. The molecule has 28 heavy (non-hydrogen) atoms. The summed E-state index contributed by atoms with van der Waals surface area (Å²) in [5.74, 6) is -1.66. The third-order valence-corrected chi connectivity index (χ3v) is 5.27. The van der Waals surface area contributed by atoms with Gasteiger partial charge in [-0.3, -0.25) is 19.3 Å². The van der Waals surface area contributed by atoms with E-state index in [0.717, 1.165) is 35.3 Å². The molecule has 4 amide bonds. The van der Waals surface area contributed by atoms with E-state index in [-0.39, 0.29) is 5.91 Å². The Hall–Kier alpha value is -2.90. The second-order valence-electron chi connectivity index (χ2n) is 7.49. The zero-order valence-corrected chi connectivity index (χ0v) is 16.2. The van der Waals surface area contributed by atoms with Gasteiger partial charge in [-0.25, -0.2) is 4.79 Å². The fraction of sp³-hybridized carbons (Fsp3) is 0.500. The molecule has 8 nitrogen and oxygen atoms in total. The maximum atomic E-state index is 12.6. The fourth-order valence-corrected chi connectivity index (χ4v) is 3.69. The highest BCUT2D eigenvalue weighted by molar-refractivity contribution is 6.08. The lowest BCUT2D eigenvalue weighted by molar-refractivity contribution is -0.150. The number of carbonyl (C=O) groups is 4. The maximum Gasteiger partial charge on any atom is 0.326 e. The number of amides is 4. The van der Waals surface area contributed by atoms with Crippen molar-refractivity contribution in [2.45, 2.75) is 51.5 Å². The van der Waals surface area contributed by atoms with Crippen molar-refractivity contribution in [1.29, 1.82) is 0 Å². The largest absolute Gasteiger partial charge is 0.454 e. The summed E-state index contributed by atoms with van der Waals surface area (Å²) in [7, 11) is 0. The highest BCUT2D eigenvalue weighted by Crippen LogP contribution is 2.33. The topological polar surface area (TPSA) is 105 Å². The van der Waals surface area contributed by atoms with Crippen LogP contribution in [0.3, 0.4) is 0 Å². The minimum Gasteiger partial charge on any atom is -0.454 e. The standard InChI is InChI=1S/C20H25N3O5/c1-13-6-7-14(2)15(10-13)21-16(24)12-28-17(25)11-23-18(26)20(22-19(23)27)8-4-3-5-9-20/h6-7,10H,3-5,8-9,11-12H2,1-2H3,(H,21,24)(H,22,27). The number of hydrogen-bond donors (Lipinski definition) is 2. The highest BCUT2D eigenvalue weighted by Gasteiger charge is 2.51. The van der Waals surface area contributed by atoms with Crippen molar-refractivity contribution >= 4 is 29.5 Å². The predicted octanol–water partition coefficient (Wildman–Crippen LogP) is 2.04. The molecule has 1 aliphatic heterocycles. The Balaban J connectivity index is 1.51. The summed E-state index contributed by atoms with van der Waals surface area (Å²) in [6, 6.07) is 5.06. The number of aryl methyl sites for hydroxylation is 2. The second kappa shape index (κ2) is 8.00. The maximum absolute atomic E-state index is 12.6. The first kappa shape index (κ1) is 19.9. The smallest absolute Gasteiger partial charge is 0.326 e. The SMILES string of the molecule is Cc1ccc(C)c(NC(=O)COC(=O)CN2C(=O)NC3(CCCCC3)C2=O)c1. The van der Waals surface area contributed by atoms with Gasteiger partial charge in [0, 0.05) is 5.69 Å². The van der Waals surface area contributed by atoms with Crippen LogP contribution in [-0.2, 0) is 19.1 Å². The van der Waals surface area contributed by atoms with Gasteiger partial charge in [0.05, 0.1) is 0 Å². The Bertz CT molecular complexity index is 814. The van der Waals surface area contributed by atoms with E-state index in [1.165, 1.54) is 0 Å². The Morgan fingerprint density at radius 2 is 1.89 bits per heavy atom. The third-order valence-electron chi connectivity index (χ3n) is 5.27. The highest BCUT2D eigenvalue weighted by atomic mass is 16.5. The van der Waals surface area contributed by atoms with E-state index in [0.29, 0.717) is 18.5 Å². The number of benzene rings is 1. The Morgan fingerprint density at radius 1 is 1.18 bits per heavy atom. The Morgan fingerprint density at radius 3 is 2.61 bits per heavy atom. The number of nitrogens with one attached hydrogen (secondary N) is 2. The van der Waals surface area contributed by atoms with Crippen molar-refractivity contribution in [2.75, 3.05) is 18.5 Å². The van der Waals surface area contributed by atoms with Gasteiger partial charge in [-0.15, -0.1) is 0 Å². The molecule has 8 heteroatoms. The van der Waals surface area contributed by atoms with Gasteiger partial charge in [-0.05, 0) is 43.9 Å². The summed E-state index contributed by atoms with van der Waals surface area (Å²) >= 11 is 0. The number of carbonyl (C=O) groups excluding carboxylic acids is 4. The summed E-state index contributed by atoms with van der Waals surface area (Å²) < 4.78 is 4.96. The number of imide groups is 1. The number of urea groups is 1. The first-order valence-electron chi connectivity index (χ1n) is 9.47. The average Bonchev–Trinajstić information content (AvgIpc) is 2.87. The van der Waals surface area contributed by atoms with Crippen LogP contribution in [0.25, 0.3) is 0 Å². The van der Waals surface area contributed by atoms with Crippen molar-refractivity contribution < 1.29 is 23.9 Å². The number of ether oxygens (including phenoxy) is 1. The number of nitrogens with zero attached hydrogens (tertiary/aromatic N) is 1. The summed E-state index contributed by atoms with van der Waals surface area (Å²) in [4.78, 5) is 49.8. The van der Waals surface area contributed by atoms with Crippen LogP contribution in [-0.4, -0.2) is 47.4 Å². The molecule has 1 saturated carbocycles.